The van der Waals surface area contributed by atoms with Gasteiger partial charge in [0.15, 0.2) is 0 Å². The van der Waals surface area contributed by atoms with Gasteiger partial charge < -0.3 is 16.2 Å². The molecule has 4 N–H and O–H groups in total. The topological polar surface area (TPSA) is 75.4 Å². The van der Waals surface area contributed by atoms with E-state index in [9.17, 15) is 9.90 Å². The van der Waals surface area contributed by atoms with Crippen LogP contribution >= 0.6 is 0 Å². The van der Waals surface area contributed by atoms with E-state index in [1.54, 1.807) is 0 Å². The van der Waals surface area contributed by atoms with Crippen LogP contribution in [0.25, 0.3) is 0 Å². The molecule has 0 bridgehead atoms. The molecule has 1 aliphatic heterocycles. The van der Waals surface area contributed by atoms with Gasteiger partial charge in [-0.05, 0) is 43.6 Å². The summed E-state index contributed by atoms with van der Waals surface area (Å²) < 4.78 is 0. The number of hydrogen-bond acceptors (Lipinski definition) is 3. The fraction of sp³-hybridized carbons (Fsp3) is 0.400. The second-order valence-corrected chi connectivity index (χ2v) is 4.80. The van der Waals surface area contributed by atoms with E-state index < -0.39 is 11.5 Å². The first-order valence-electron chi connectivity index (χ1n) is 6.41. The summed E-state index contributed by atoms with van der Waals surface area (Å²) in [4.78, 5) is 10.6. The third-order valence-corrected chi connectivity index (χ3v) is 3.35. The Labute approximate surface area is 113 Å². The zero-order valence-electron chi connectivity index (χ0n) is 10.8. The fourth-order valence-corrected chi connectivity index (χ4v) is 2.23. The summed E-state index contributed by atoms with van der Waals surface area (Å²) in [6, 6.07) is 7.53. The predicted octanol–water partition coefficient (Wildman–Crippen LogP) is 0.484. The monoisotopic (exact) mass is 258 g/mol. The molecule has 0 saturated carbocycles. The zero-order chi connectivity index (χ0) is 13.7. The van der Waals surface area contributed by atoms with Crippen molar-refractivity contribution in [1.29, 1.82) is 0 Å². The highest BCUT2D eigenvalue weighted by molar-refractivity contribution is 5.76. The van der Waals surface area contributed by atoms with Crippen LogP contribution in [0.3, 0.4) is 0 Å². The Kier molecular flexibility index (Phi) is 4.20. The highest BCUT2D eigenvalue weighted by atomic mass is 16.3. The smallest absolute Gasteiger partial charge is 0.229 e. The summed E-state index contributed by atoms with van der Waals surface area (Å²) >= 11 is 0. The molecule has 2 rings (SSSR count). The number of aliphatic hydroxyl groups is 1. The second kappa shape index (κ2) is 5.87. The first-order valence-corrected chi connectivity index (χ1v) is 6.41. The molecular weight excluding hydrogens is 240 g/mol. The highest BCUT2D eigenvalue weighted by Crippen LogP contribution is 2.30. The number of rotatable bonds is 2. The van der Waals surface area contributed by atoms with Gasteiger partial charge in [0.2, 0.25) is 5.91 Å². The van der Waals surface area contributed by atoms with Crippen LogP contribution in [0.2, 0.25) is 0 Å². The number of piperidine rings is 1. The molecule has 1 fully saturated rings. The van der Waals surface area contributed by atoms with Gasteiger partial charge in [0.1, 0.15) is 0 Å². The SMILES string of the molecule is NC(=O)CC#Cc1ccc(C2(O)CCNCC2)cc1. The Morgan fingerprint density at radius 2 is 1.95 bits per heavy atom. The number of carbonyl (C=O) groups excluding carboxylic acids is 1. The predicted molar refractivity (Wildman–Crippen MR) is 73.1 cm³/mol. The number of benzene rings is 1. The maximum atomic E-state index is 10.6. The van der Waals surface area contributed by atoms with Crippen LogP contribution in [0.5, 0.6) is 0 Å². The molecule has 1 heterocycles. The van der Waals surface area contributed by atoms with Gasteiger partial charge in [0.25, 0.3) is 0 Å². The molecule has 4 nitrogen and oxygen atoms in total. The number of nitrogens with two attached hydrogens (primary N) is 1. The van der Waals surface area contributed by atoms with Gasteiger partial charge in [-0.2, -0.15) is 0 Å². The summed E-state index contributed by atoms with van der Waals surface area (Å²) in [5.41, 5.74) is 6.03. The van der Waals surface area contributed by atoms with Crippen molar-refractivity contribution in [3.63, 3.8) is 0 Å². The van der Waals surface area contributed by atoms with E-state index in [0.29, 0.717) is 0 Å². The van der Waals surface area contributed by atoms with Crippen LogP contribution in [0.4, 0.5) is 0 Å². The summed E-state index contributed by atoms with van der Waals surface area (Å²) in [5.74, 6) is 5.16. The summed E-state index contributed by atoms with van der Waals surface area (Å²) in [5, 5.41) is 13.8. The van der Waals surface area contributed by atoms with Crippen molar-refractivity contribution in [3.8, 4) is 11.8 Å². The third-order valence-electron chi connectivity index (χ3n) is 3.35. The van der Waals surface area contributed by atoms with Gasteiger partial charge in [-0.15, -0.1) is 0 Å². The molecule has 19 heavy (non-hydrogen) atoms. The Bertz CT molecular complexity index is 505. The minimum atomic E-state index is -0.732. The van der Waals surface area contributed by atoms with E-state index in [0.717, 1.165) is 37.1 Å². The van der Waals surface area contributed by atoms with Gasteiger partial charge in [-0.3, -0.25) is 4.79 Å². The Morgan fingerprint density at radius 1 is 1.32 bits per heavy atom. The van der Waals surface area contributed by atoms with E-state index >= 15 is 0 Å². The molecule has 4 heteroatoms. The minimum absolute atomic E-state index is 0.0668. The average molecular weight is 258 g/mol. The third kappa shape index (κ3) is 3.57. The number of nitrogens with one attached hydrogen (secondary N) is 1. The summed E-state index contributed by atoms with van der Waals surface area (Å²) in [6.45, 7) is 1.66. The molecule has 1 aromatic carbocycles. The van der Waals surface area contributed by atoms with Crippen LogP contribution < -0.4 is 11.1 Å². The molecule has 1 amide bonds. The molecule has 100 valence electrons. The highest BCUT2D eigenvalue weighted by Gasteiger charge is 2.30. The number of hydrogen-bond donors (Lipinski definition) is 3. The lowest BCUT2D eigenvalue weighted by Gasteiger charge is -2.33. The van der Waals surface area contributed by atoms with Gasteiger partial charge in [0.05, 0.1) is 12.0 Å². The van der Waals surface area contributed by atoms with Gasteiger partial charge in [-0.1, -0.05) is 24.0 Å². The Morgan fingerprint density at radius 3 is 2.53 bits per heavy atom. The van der Waals surface area contributed by atoms with Crippen molar-refractivity contribution in [1.82, 2.24) is 5.32 Å². The molecule has 0 unspecified atom stereocenters. The number of primary amides is 1. The van der Waals surface area contributed by atoms with Gasteiger partial charge in [-0.25, -0.2) is 0 Å². The minimum Gasteiger partial charge on any atom is -0.385 e. The van der Waals surface area contributed by atoms with E-state index in [1.165, 1.54) is 0 Å². The molecule has 1 aromatic rings. The maximum Gasteiger partial charge on any atom is 0.229 e. The standard InChI is InChI=1S/C15H18N2O2/c16-14(18)3-1-2-12-4-6-13(7-5-12)15(19)8-10-17-11-9-15/h4-7,17,19H,3,8-11H2,(H2,16,18). The lowest BCUT2D eigenvalue weighted by Crippen LogP contribution is -2.39. The van der Waals surface area contributed by atoms with E-state index in [4.69, 9.17) is 5.73 Å². The van der Waals surface area contributed by atoms with E-state index in [2.05, 4.69) is 17.2 Å². The Balaban J connectivity index is 2.09. The molecule has 0 aromatic heterocycles. The summed E-state index contributed by atoms with van der Waals surface area (Å²) in [7, 11) is 0. The number of amides is 1. The van der Waals surface area contributed by atoms with Crippen molar-refractivity contribution >= 4 is 5.91 Å². The van der Waals surface area contributed by atoms with Crippen LogP contribution in [-0.2, 0) is 10.4 Å². The maximum absolute atomic E-state index is 10.6. The van der Waals surface area contributed by atoms with Gasteiger partial charge >= 0.3 is 0 Å². The first kappa shape index (κ1) is 13.6. The molecule has 0 aliphatic carbocycles. The van der Waals surface area contributed by atoms with Crippen molar-refractivity contribution < 1.29 is 9.90 Å². The van der Waals surface area contributed by atoms with Crippen molar-refractivity contribution in [2.45, 2.75) is 24.9 Å². The summed E-state index contributed by atoms with van der Waals surface area (Å²) in [6.07, 6.45) is 1.51. The van der Waals surface area contributed by atoms with Crippen molar-refractivity contribution in [3.05, 3.63) is 35.4 Å². The number of carbonyl (C=O) groups is 1. The largest absolute Gasteiger partial charge is 0.385 e. The molecule has 0 spiro atoms. The molecule has 1 saturated heterocycles. The van der Waals surface area contributed by atoms with Crippen LogP contribution in [0.15, 0.2) is 24.3 Å². The second-order valence-electron chi connectivity index (χ2n) is 4.80. The molecular formula is C15H18N2O2. The van der Waals surface area contributed by atoms with E-state index in [-0.39, 0.29) is 6.42 Å². The zero-order valence-corrected chi connectivity index (χ0v) is 10.8. The van der Waals surface area contributed by atoms with Crippen LogP contribution in [0.1, 0.15) is 30.4 Å². The van der Waals surface area contributed by atoms with Crippen LogP contribution in [0, 0.1) is 11.8 Å². The fourth-order valence-electron chi connectivity index (χ4n) is 2.23. The van der Waals surface area contributed by atoms with Crippen LogP contribution in [-0.4, -0.2) is 24.1 Å². The molecule has 0 radical (unpaired) electrons. The normalized spacial score (nSPS) is 17.3. The lowest BCUT2D eigenvalue weighted by atomic mass is 9.85. The van der Waals surface area contributed by atoms with E-state index in [1.807, 2.05) is 24.3 Å². The Hall–Kier alpha value is -1.83. The van der Waals surface area contributed by atoms with Crippen molar-refractivity contribution in [2.24, 2.45) is 5.73 Å². The first-order chi connectivity index (χ1) is 9.10. The van der Waals surface area contributed by atoms with Gasteiger partial charge in [0, 0.05) is 5.56 Å². The quantitative estimate of drug-likeness (QED) is 0.676. The molecule has 1 aliphatic rings. The lowest BCUT2D eigenvalue weighted by molar-refractivity contribution is -0.117. The van der Waals surface area contributed by atoms with Crippen molar-refractivity contribution in [2.75, 3.05) is 13.1 Å². The molecule has 0 atom stereocenters. The average Bonchev–Trinajstić information content (AvgIpc) is 2.40.